The number of aliphatic imine (C=N–C) groups is 1. The van der Waals surface area contributed by atoms with Gasteiger partial charge in [0.25, 0.3) is 0 Å². The largest absolute Gasteiger partial charge is 0.357 e. The quantitative estimate of drug-likeness (QED) is 0.527. The second-order valence-electron chi connectivity index (χ2n) is 6.59. The maximum atomic E-state index is 12.5. The van der Waals surface area contributed by atoms with Gasteiger partial charge in [0.05, 0.1) is 5.75 Å². The van der Waals surface area contributed by atoms with Gasteiger partial charge >= 0.3 is 0 Å². The van der Waals surface area contributed by atoms with Gasteiger partial charge in [-0.15, -0.1) is 11.3 Å². The van der Waals surface area contributed by atoms with Crippen molar-refractivity contribution in [2.75, 3.05) is 31.6 Å². The fourth-order valence-corrected chi connectivity index (χ4v) is 4.40. The topological polar surface area (TPSA) is 90.9 Å². The number of hydrogen-bond donors (Lipinski definition) is 2. The fourth-order valence-electron chi connectivity index (χ4n) is 2.72. The normalized spacial score (nSPS) is 16.1. The first-order valence-corrected chi connectivity index (χ1v) is 11.8. The van der Waals surface area contributed by atoms with Crippen molar-refractivity contribution in [1.29, 1.82) is 0 Å². The Hall–Kier alpha value is -1.61. The number of carbonyl (C=O) groups excluding carboxylic acids is 1. The number of nitrogens with zero attached hydrogens (tertiary/aromatic N) is 2. The SMILES string of the molecule is CCNC(=NCC(=O)N1CCc2sccc2C1)NC(C)CCS(C)(=O)=O. The van der Waals surface area contributed by atoms with Crippen molar-refractivity contribution in [3.05, 3.63) is 21.9 Å². The first kappa shape index (κ1) is 20.7. The highest BCUT2D eigenvalue weighted by atomic mass is 32.2. The lowest BCUT2D eigenvalue weighted by Gasteiger charge is -2.26. The molecular weight excluding hydrogens is 372 g/mol. The number of fused-ring (bicyclic) bond motifs is 1. The van der Waals surface area contributed by atoms with Gasteiger partial charge in [0.15, 0.2) is 5.96 Å². The van der Waals surface area contributed by atoms with E-state index in [0.717, 1.165) is 13.0 Å². The van der Waals surface area contributed by atoms with Gasteiger partial charge in [-0.2, -0.15) is 0 Å². The Bertz CT molecular complexity index is 743. The van der Waals surface area contributed by atoms with Gasteiger partial charge in [-0.3, -0.25) is 4.79 Å². The molecule has 1 atom stereocenters. The van der Waals surface area contributed by atoms with E-state index in [0.29, 0.717) is 25.5 Å². The lowest BCUT2D eigenvalue weighted by Crippen LogP contribution is -2.44. The van der Waals surface area contributed by atoms with Crippen molar-refractivity contribution in [2.24, 2.45) is 4.99 Å². The van der Waals surface area contributed by atoms with Gasteiger partial charge in [0.2, 0.25) is 5.91 Å². The summed E-state index contributed by atoms with van der Waals surface area (Å²) in [5, 5.41) is 8.34. The summed E-state index contributed by atoms with van der Waals surface area (Å²) >= 11 is 1.75. The van der Waals surface area contributed by atoms with Crippen LogP contribution in [0.1, 0.15) is 30.7 Å². The van der Waals surface area contributed by atoms with Crippen LogP contribution in [0.5, 0.6) is 0 Å². The van der Waals surface area contributed by atoms with Crippen molar-refractivity contribution in [2.45, 2.75) is 39.3 Å². The van der Waals surface area contributed by atoms with Crippen LogP contribution in [0.15, 0.2) is 16.4 Å². The third-order valence-corrected chi connectivity index (χ3v) is 6.18. The minimum absolute atomic E-state index is 0.00263. The van der Waals surface area contributed by atoms with Crippen molar-refractivity contribution in [3.8, 4) is 0 Å². The molecule has 2 rings (SSSR count). The molecule has 2 heterocycles. The lowest BCUT2D eigenvalue weighted by atomic mass is 10.1. The Morgan fingerprint density at radius 1 is 1.46 bits per heavy atom. The molecule has 0 aromatic carbocycles. The molecule has 1 unspecified atom stereocenters. The Morgan fingerprint density at radius 3 is 2.92 bits per heavy atom. The first-order valence-electron chi connectivity index (χ1n) is 8.84. The van der Waals surface area contributed by atoms with Crippen LogP contribution in [0.3, 0.4) is 0 Å². The number of guanidine groups is 1. The number of nitrogens with one attached hydrogen (secondary N) is 2. The van der Waals surface area contributed by atoms with Gasteiger partial charge in [-0.1, -0.05) is 0 Å². The molecule has 0 saturated heterocycles. The third kappa shape index (κ3) is 6.60. The Balaban J connectivity index is 1.88. The number of amides is 1. The number of hydrogen-bond acceptors (Lipinski definition) is 5. The second-order valence-corrected chi connectivity index (χ2v) is 9.85. The van der Waals surface area contributed by atoms with Crippen LogP contribution in [0, 0.1) is 0 Å². The monoisotopic (exact) mass is 400 g/mol. The minimum Gasteiger partial charge on any atom is -0.357 e. The maximum absolute atomic E-state index is 12.5. The van der Waals surface area contributed by atoms with E-state index >= 15 is 0 Å². The Kier molecular flexibility index (Phi) is 7.45. The van der Waals surface area contributed by atoms with Crippen LogP contribution in [0.2, 0.25) is 0 Å². The van der Waals surface area contributed by atoms with Crippen LogP contribution in [0.25, 0.3) is 0 Å². The molecule has 1 aromatic rings. The van der Waals surface area contributed by atoms with Gasteiger partial charge in [0, 0.05) is 36.8 Å². The average Bonchev–Trinajstić information content (AvgIpc) is 3.04. The van der Waals surface area contributed by atoms with E-state index in [2.05, 4.69) is 27.1 Å². The van der Waals surface area contributed by atoms with Gasteiger partial charge < -0.3 is 15.5 Å². The molecular formula is C17H28N4O3S2. The number of carbonyl (C=O) groups is 1. The maximum Gasteiger partial charge on any atom is 0.244 e. The molecule has 2 N–H and O–H groups in total. The molecule has 0 aliphatic carbocycles. The fraction of sp³-hybridized carbons (Fsp3) is 0.647. The van der Waals surface area contributed by atoms with Crippen LogP contribution < -0.4 is 10.6 Å². The molecule has 1 aromatic heterocycles. The number of rotatable bonds is 7. The number of sulfone groups is 1. The summed E-state index contributed by atoms with van der Waals surface area (Å²) in [6, 6.07) is 2.03. The predicted molar refractivity (Wildman–Crippen MR) is 106 cm³/mol. The molecule has 1 aliphatic rings. The molecule has 0 spiro atoms. The zero-order valence-electron chi connectivity index (χ0n) is 15.6. The molecule has 26 heavy (non-hydrogen) atoms. The smallest absolute Gasteiger partial charge is 0.244 e. The van der Waals surface area contributed by atoms with Crippen molar-refractivity contribution in [1.82, 2.24) is 15.5 Å². The van der Waals surface area contributed by atoms with E-state index in [1.165, 1.54) is 16.7 Å². The van der Waals surface area contributed by atoms with Crippen LogP contribution in [0.4, 0.5) is 0 Å². The predicted octanol–water partition coefficient (Wildman–Crippen LogP) is 1.01. The molecule has 146 valence electrons. The van der Waals surface area contributed by atoms with Crippen LogP contribution in [-0.4, -0.2) is 62.9 Å². The molecule has 0 fully saturated rings. The zero-order chi connectivity index (χ0) is 19.2. The third-order valence-electron chi connectivity index (χ3n) is 4.18. The van der Waals surface area contributed by atoms with Gasteiger partial charge in [-0.25, -0.2) is 13.4 Å². The van der Waals surface area contributed by atoms with Crippen LogP contribution >= 0.6 is 11.3 Å². The van der Waals surface area contributed by atoms with E-state index in [4.69, 9.17) is 0 Å². The molecule has 0 saturated carbocycles. The Labute approximate surface area is 159 Å². The van der Waals surface area contributed by atoms with E-state index in [1.807, 2.05) is 18.7 Å². The summed E-state index contributed by atoms with van der Waals surface area (Å²) in [7, 11) is -2.99. The number of thiophene rings is 1. The molecule has 1 amide bonds. The summed E-state index contributed by atoms with van der Waals surface area (Å²) in [5.41, 5.74) is 1.23. The summed E-state index contributed by atoms with van der Waals surface area (Å²) in [4.78, 5) is 20.1. The van der Waals surface area contributed by atoms with E-state index in [-0.39, 0.29) is 24.2 Å². The zero-order valence-corrected chi connectivity index (χ0v) is 17.3. The van der Waals surface area contributed by atoms with Gasteiger partial charge in [-0.05, 0) is 43.7 Å². The van der Waals surface area contributed by atoms with Crippen molar-refractivity contribution >= 4 is 33.0 Å². The standard InChI is InChI=1S/C17H28N4O3S2/c1-4-18-17(20-13(2)7-10-26(3,23)24)19-11-16(22)21-8-5-15-14(12-21)6-9-25-15/h6,9,13H,4-5,7-8,10-12H2,1-3H3,(H2,18,19,20). The molecule has 9 heteroatoms. The Morgan fingerprint density at radius 2 is 2.23 bits per heavy atom. The molecule has 7 nitrogen and oxygen atoms in total. The van der Waals surface area contributed by atoms with Crippen molar-refractivity contribution < 1.29 is 13.2 Å². The highest BCUT2D eigenvalue weighted by Gasteiger charge is 2.21. The van der Waals surface area contributed by atoms with E-state index in [1.54, 1.807) is 11.3 Å². The first-order chi connectivity index (χ1) is 12.3. The average molecular weight is 401 g/mol. The summed E-state index contributed by atoms with van der Waals surface area (Å²) in [6.45, 7) is 5.98. The van der Waals surface area contributed by atoms with E-state index < -0.39 is 9.84 Å². The highest BCUT2D eigenvalue weighted by Crippen LogP contribution is 2.23. The highest BCUT2D eigenvalue weighted by molar-refractivity contribution is 7.90. The molecule has 0 radical (unpaired) electrons. The van der Waals surface area contributed by atoms with Crippen molar-refractivity contribution in [3.63, 3.8) is 0 Å². The second kappa shape index (κ2) is 9.36. The molecule has 0 bridgehead atoms. The summed E-state index contributed by atoms with van der Waals surface area (Å²) < 4.78 is 22.6. The summed E-state index contributed by atoms with van der Waals surface area (Å²) in [6.07, 6.45) is 2.63. The summed E-state index contributed by atoms with van der Waals surface area (Å²) in [5.74, 6) is 0.661. The molecule has 1 aliphatic heterocycles. The minimum atomic E-state index is -2.99. The van der Waals surface area contributed by atoms with Gasteiger partial charge in [0.1, 0.15) is 16.4 Å². The lowest BCUT2D eigenvalue weighted by molar-refractivity contribution is -0.130. The van der Waals surface area contributed by atoms with E-state index in [9.17, 15) is 13.2 Å². The van der Waals surface area contributed by atoms with Crippen LogP contribution in [-0.2, 0) is 27.6 Å².